The Morgan fingerprint density at radius 3 is 2.60 bits per heavy atom. The molecule has 2 aliphatic carbocycles. The second-order valence-corrected chi connectivity index (χ2v) is 9.76. The number of fused-ring (bicyclic) bond motifs is 3. The minimum absolute atomic E-state index is 0.287. The molecule has 1 amide bonds. The number of carbonyl (C=O) groups excluding carboxylic acids is 1. The lowest BCUT2D eigenvalue weighted by molar-refractivity contribution is -0.888. The van der Waals surface area contributed by atoms with Crippen LogP contribution < -0.4 is 4.90 Å². The summed E-state index contributed by atoms with van der Waals surface area (Å²) in [7, 11) is 0. The van der Waals surface area contributed by atoms with Crippen molar-refractivity contribution < 1.29 is 9.69 Å². The van der Waals surface area contributed by atoms with Gasteiger partial charge in [-0.2, -0.15) is 0 Å². The molecule has 3 aliphatic rings. The zero-order valence-electron chi connectivity index (χ0n) is 18.9. The summed E-state index contributed by atoms with van der Waals surface area (Å²) in [5, 5.41) is 1.49. The topological polar surface area (TPSA) is 29.7 Å². The van der Waals surface area contributed by atoms with Gasteiger partial charge in [0.15, 0.2) is 6.54 Å². The number of rotatable bonds is 5. The fourth-order valence-corrected chi connectivity index (χ4v) is 6.43. The summed E-state index contributed by atoms with van der Waals surface area (Å²) in [6.45, 7) is 8.87. The molecule has 0 radical (unpaired) electrons. The summed E-state index contributed by atoms with van der Waals surface area (Å²) in [6, 6.07) is 7.62. The van der Waals surface area contributed by atoms with Gasteiger partial charge in [-0.05, 0) is 75.1 Å². The Morgan fingerprint density at radius 2 is 1.83 bits per heavy atom. The Bertz CT molecular complexity index is 920. The molecule has 1 aromatic carbocycles. The molecule has 5 rings (SSSR count). The summed E-state index contributed by atoms with van der Waals surface area (Å²) in [5.74, 6) is 1.10. The van der Waals surface area contributed by atoms with E-state index in [0.29, 0.717) is 12.5 Å². The van der Waals surface area contributed by atoms with E-state index in [4.69, 9.17) is 0 Å². The Labute approximate surface area is 181 Å². The summed E-state index contributed by atoms with van der Waals surface area (Å²) in [6.07, 6.45) is 10.4. The fraction of sp³-hybridized carbons (Fsp3) is 0.654. The molecule has 0 saturated heterocycles. The molecule has 30 heavy (non-hydrogen) atoms. The highest BCUT2D eigenvalue weighted by Crippen LogP contribution is 2.44. The molecule has 4 nitrogen and oxygen atoms in total. The van der Waals surface area contributed by atoms with Crippen molar-refractivity contribution in [1.29, 1.82) is 0 Å². The summed E-state index contributed by atoms with van der Waals surface area (Å²) in [5.41, 5.74) is 5.98. The molecule has 1 fully saturated rings. The Hall–Kier alpha value is -1.81. The van der Waals surface area contributed by atoms with Crippen LogP contribution in [0.2, 0.25) is 0 Å². The second kappa shape index (κ2) is 8.37. The number of aromatic nitrogens is 1. The zero-order chi connectivity index (χ0) is 20.7. The highest BCUT2D eigenvalue weighted by Gasteiger charge is 2.37. The van der Waals surface area contributed by atoms with Crippen LogP contribution in [-0.4, -0.2) is 41.6 Å². The highest BCUT2D eigenvalue weighted by molar-refractivity contribution is 5.88. The number of nitrogens with zero attached hydrogens (tertiary/aromatic N) is 2. The first-order valence-electron chi connectivity index (χ1n) is 12.5. The maximum Gasteiger partial charge on any atom is 0.278 e. The zero-order valence-corrected chi connectivity index (χ0v) is 18.9. The van der Waals surface area contributed by atoms with Crippen LogP contribution in [0, 0.1) is 0 Å². The van der Waals surface area contributed by atoms with Gasteiger partial charge >= 0.3 is 0 Å². The molecular formula is C26H38N3O+. The first-order valence-corrected chi connectivity index (χ1v) is 12.5. The van der Waals surface area contributed by atoms with Gasteiger partial charge in [-0.25, -0.2) is 0 Å². The van der Waals surface area contributed by atoms with Crippen LogP contribution >= 0.6 is 0 Å². The van der Waals surface area contributed by atoms with Crippen molar-refractivity contribution in [2.45, 2.75) is 83.7 Å². The first-order chi connectivity index (χ1) is 14.7. The summed E-state index contributed by atoms with van der Waals surface area (Å²) < 4.78 is 2.56. The van der Waals surface area contributed by atoms with E-state index in [0.717, 1.165) is 38.5 Å². The lowest BCUT2D eigenvalue weighted by atomic mass is 9.83. The molecule has 2 heterocycles. The molecule has 0 bridgehead atoms. The Kier molecular flexibility index (Phi) is 5.61. The molecule has 0 spiro atoms. The summed E-state index contributed by atoms with van der Waals surface area (Å²) >= 11 is 0. The molecule has 4 heteroatoms. The number of hydrogen-bond donors (Lipinski definition) is 1. The quantitative estimate of drug-likeness (QED) is 0.801. The third kappa shape index (κ3) is 3.37. The van der Waals surface area contributed by atoms with E-state index in [1.807, 2.05) is 0 Å². The monoisotopic (exact) mass is 408 g/mol. The Balaban J connectivity index is 1.49. The van der Waals surface area contributed by atoms with Gasteiger partial charge < -0.3 is 14.4 Å². The van der Waals surface area contributed by atoms with Crippen LogP contribution in [0.5, 0.6) is 0 Å². The number of carbonyl (C=O) groups is 1. The van der Waals surface area contributed by atoms with Crippen LogP contribution in [0.4, 0.5) is 0 Å². The third-order valence-corrected chi connectivity index (χ3v) is 8.20. The van der Waals surface area contributed by atoms with E-state index in [2.05, 4.69) is 41.5 Å². The van der Waals surface area contributed by atoms with Crippen LogP contribution in [0.15, 0.2) is 18.2 Å². The highest BCUT2D eigenvalue weighted by atomic mass is 16.2. The third-order valence-electron chi connectivity index (χ3n) is 8.20. The van der Waals surface area contributed by atoms with Crippen molar-refractivity contribution in [1.82, 2.24) is 9.47 Å². The van der Waals surface area contributed by atoms with Gasteiger partial charge in [0.1, 0.15) is 0 Å². The lowest BCUT2D eigenvalue weighted by Gasteiger charge is -2.40. The predicted molar refractivity (Wildman–Crippen MR) is 122 cm³/mol. The Morgan fingerprint density at radius 1 is 1.03 bits per heavy atom. The number of amides is 1. The van der Waals surface area contributed by atoms with Crippen LogP contribution in [0.1, 0.15) is 87.6 Å². The number of hydrogen-bond acceptors (Lipinski definition) is 1. The minimum atomic E-state index is 0.287. The average molecular weight is 409 g/mol. The van der Waals surface area contributed by atoms with Gasteiger partial charge in [0.25, 0.3) is 5.91 Å². The van der Waals surface area contributed by atoms with Gasteiger partial charge in [-0.3, -0.25) is 4.79 Å². The van der Waals surface area contributed by atoms with Crippen LogP contribution in [-0.2, 0) is 17.8 Å². The number of aryl methyl sites for hydroxylation is 1. The first kappa shape index (κ1) is 20.1. The SMILES string of the molecule is CC[NH+](CC)CC(=O)N1CCn2c3c(c4cc(C5CCCCC5)ccc42)CCC[C@@H]31. The normalized spacial score (nSPS) is 22.0. The fourth-order valence-electron chi connectivity index (χ4n) is 6.43. The maximum absolute atomic E-state index is 13.2. The van der Waals surface area contributed by atoms with E-state index in [1.165, 1.54) is 66.4 Å². The number of benzene rings is 1. The molecular weight excluding hydrogens is 370 g/mol. The average Bonchev–Trinajstić information content (AvgIpc) is 3.13. The van der Waals surface area contributed by atoms with Gasteiger partial charge in [0, 0.05) is 29.7 Å². The minimum Gasteiger partial charge on any atom is -0.341 e. The standard InChI is InChI=1S/C26H37N3O/c1-3-27(4-2)18-25(30)28-15-16-29-23-14-13-20(19-9-6-5-7-10-19)17-22(23)21-11-8-12-24(28)26(21)29/h13-14,17,19,24H,3-12,15-16,18H2,1-2H3/p+1/t24-/m0/s1. The van der Waals surface area contributed by atoms with Crippen LogP contribution in [0.25, 0.3) is 10.9 Å². The predicted octanol–water partition coefficient (Wildman–Crippen LogP) is 3.83. The van der Waals surface area contributed by atoms with E-state index in [-0.39, 0.29) is 6.04 Å². The van der Waals surface area contributed by atoms with Crippen LogP contribution in [0.3, 0.4) is 0 Å². The largest absolute Gasteiger partial charge is 0.341 e. The van der Waals surface area contributed by atoms with E-state index >= 15 is 0 Å². The molecule has 1 aromatic heterocycles. The molecule has 1 N–H and O–H groups in total. The maximum atomic E-state index is 13.2. The van der Waals surface area contributed by atoms with Crippen molar-refractivity contribution in [3.8, 4) is 0 Å². The van der Waals surface area contributed by atoms with E-state index in [1.54, 1.807) is 11.1 Å². The van der Waals surface area contributed by atoms with Gasteiger partial charge in [-0.15, -0.1) is 0 Å². The van der Waals surface area contributed by atoms with Crippen molar-refractivity contribution in [2.24, 2.45) is 0 Å². The molecule has 1 aliphatic heterocycles. The molecule has 1 atom stereocenters. The molecule has 2 aromatic rings. The lowest BCUT2D eigenvalue weighted by Crippen LogP contribution is -3.12. The second-order valence-electron chi connectivity index (χ2n) is 9.76. The number of likely N-dealkylation sites (N-methyl/N-ethyl adjacent to an activating group) is 1. The molecule has 162 valence electrons. The summed E-state index contributed by atoms with van der Waals surface area (Å²) in [4.78, 5) is 16.8. The van der Waals surface area contributed by atoms with Crippen molar-refractivity contribution in [3.63, 3.8) is 0 Å². The van der Waals surface area contributed by atoms with E-state index < -0.39 is 0 Å². The smallest absolute Gasteiger partial charge is 0.278 e. The molecule has 1 saturated carbocycles. The molecule has 0 unspecified atom stereocenters. The number of nitrogens with one attached hydrogen (secondary N) is 1. The van der Waals surface area contributed by atoms with Gasteiger partial charge in [-0.1, -0.05) is 25.3 Å². The van der Waals surface area contributed by atoms with Gasteiger partial charge in [0.05, 0.1) is 19.1 Å². The number of quaternary nitrogens is 1. The van der Waals surface area contributed by atoms with Crippen molar-refractivity contribution >= 4 is 16.8 Å². The van der Waals surface area contributed by atoms with Crippen molar-refractivity contribution in [2.75, 3.05) is 26.2 Å². The van der Waals surface area contributed by atoms with E-state index in [9.17, 15) is 4.79 Å². The van der Waals surface area contributed by atoms with Crippen molar-refractivity contribution in [3.05, 3.63) is 35.0 Å². The van der Waals surface area contributed by atoms with Gasteiger partial charge in [0.2, 0.25) is 0 Å².